The Balaban J connectivity index is 2.46. The number of aryl methyl sites for hydroxylation is 1. The van der Waals surface area contributed by atoms with Crippen LogP contribution in [0.2, 0.25) is 0 Å². The Hall–Kier alpha value is -1.52. The normalized spacial score (nSPS) is 11.7. The summed E-state index contributed by atoms with van der Waals surface area (Å²) in [6.07, 6.45) is 1.66. The van der Waals surface area contributed by atoms with Gasteiger partial charge in [-0.25, -0.2) is 9.98 Å². The standard InChI is InChI=1S/C8H14N4O/c1-3-10-8(9)12-5-7-11-4-6(2)13-7/h4H,3,5H2,1-2H3,(H3,9,10,12). The van der Waals surface area contributed by atoms with Crippen molar-refractivity contribution >= 4 is 5.96 Å². The second-order valence-electron chi connectivity index (χ2n) is 2.60. The van der Waals surface area contributed by atoms with E-state index in [-0.39, 0.29) is 0 Å². The minimum Gasteiger partial charge on any atom is -0.444 e. The molecule has 0 aliphatic rings. The van der Waals surface area contributed by atoms with Crippen molar-refractivity contribution in [3.8, 4) is 0 Å². The molecule has 5 heteroatoms. The van der Waals surface area contributed by atoms with Gasteiger partial charge in [0.15, 0.2) is 5.96 Å². The quantitative estimate of drug-likeness (QED) is 0.524. The molecule has 0 aromatic carbocycles. The zero-order chi connectivity index (χ0) is 9.68. The molecular formula is C8H14N4O. The first kappa shape index (κ1) is 9.57. The van der Waals surface area contributed by atoms with Crippen LogP contribution in [0.5, 0.6) is 0 Å². The number of hydrogen-bond donors (Lipinski definition) is 2. The molecule has 0 saturated heterocycles. The zero-order valence-electron chi connectivity index (χ0n) is 7.87. The summed E-state index contributed by atoms with van der Waals surface area (Å²) in [5, 5.41) is 2.88. The fourth-order valence-electron chi connectivity index (χ4n) is 0.864. The summed E-state index contributed by atoms with van der Waals surface area (Å²) < 4.78 is 5.21. The highest BCUT2D eigenvalue weighted by Gasteiger charge is 1.98. The molecule has 1 aromatic heterocycles. The van der Waals surface area contributed by atoms with Gasteiger partial charge in [-0.3, -0.25) is 0 Å². The molecule has 3 N–H and O–H groups in total. The molecule has 1 rings (SSSR count). The maximum atomic E-state index is 5.51. The third-order valence-electron chi connectivity index (χ3n) is 1.41. The summed E-state index contributed by atoms with van der Waals surface area (Å²) in [6.45, 7) is 4.94. The molecule has 0 aliphatic carbocycles. The minimum absolute atomic E-state index is 0.382. The largest absolute Gasteiger partial charge is 0.444 e. The molecule has 0 amide bonds. The van der Waals surface area contributed by atoms with Crippen LogP contribution < -0.4 is 11.1 Å². The summed E-state index contributed by atoms with van der Waals surface area (Å²) in [5.74, 6) is 1.78. The molecular weight excluding hydrogens is 168 g/mol. The van der Waals surface area contributed by atoms with E-state index in [1.165, 1.54) is 0 Å². The van der Waals surface area contributed by atoms with Crippen LogP contribution in [0.3, 0.4) is 0 Å². The number of aromatic nitrogens is 1. The van der Waals surface area contributed by atoms with Gasteiger partial charge in [-0.15, -0.1) is 0 Å². The van der Waals surface area contributed by atoms with Crippen LogP contribution in [-0.2, 0) is 6.54 Å². The zero-order valence-corrected chi connectivity index (χ0v) is 7.87. The number of rotatable bonds is 3. The van der Waals surface area contributed by atoms with Crippen molar-refractivity contribution in [2.45, 2.75) is 20.4 Å². The number of nitrogens with two attached hydrogens (primary N) is 1. The van der Waals surface area contributed by atoms with Gasteiger partial charge < -0.3 is 15.5 Å². The summed E-state index contributed by atoms with van der Waals surface area (Å²) in [4.78, 5) is 8.02. The molecule has 0 bridgehead atoms. The highest BCUT2D eigenvalue weighted by Crippen LogP contribution is 2.01. The molecule has 0 unspecified atom stereocenters. The van der Waals surface area contributed by atoms with E-state index in [2.05, 4.69) is 15.3 Å². The van der Waals surface area contributed by atoms with Crippen LogP contribution in [-0.4, -0.2) is 17.5 Å². The first-order chi connectivity index (χ1) is 6.22. The lowest BCUT2D eigenvalue weighted by Crippen LogP contribution is -2.31. The highest BCUT2D eigenvalue weighted by atomic mass is 16.4. The van der Waals surface area contributed by atoms with E-state index in [0.29, 0.717) is 18.4 Å². The predicted molar refractivity (Wildman–Crippen MR) is 50.2 cm³/mol. The number of nitrogens with one attached hydrogen (secondary N) is 1. The van der Waals surface area contributed by atoms with Gasteiger partial charge in [0, 0.05) is 6.54 Å². The van der Waals surface area contributed by atoms with Crippen molar-refractivity contribution in [2.24, 2.45) is 10.7 Å². The Morgan fingerprint density at radius 1 is 1.77 bits per heavy atom. The molecule has 0 saturated carbocycles. The number of nitrogens with zero attached hydrogens (tertiary/aromatic N) is 2. The summed E-state index contributed by atoms with van der Waals surface area (Å²) in [5.41, 5.74) is 5.51. The van der Waals surface area contributed by atoms with Crippen molar-refractivity contribution in [1.29, 1.82) is 0 Å². The number of aliphatic imine (C=N–C) groups is 1. The lowest BCUT2D eigenvalue weighted by molar-refractivity contribution is 0.474. The maximum Gasteiger partial charge on any atom is 0.216 e. The number of oxazole rings is 1. The van der Waals surface area contributed by atoms with Gasteiger partial charge in [0.2, 0.25) is 5.89 Å². The monoisotopic (exact) mass is 182 g/mol. The Morgan fingerprint density at radius 3 is 3.08 bits per heavy atom. The Labute approximate surface area is 77.1 Å². The average Bonchev–Trinajstić information content (AvgIpc) is 2.49. The van der Waals surface area contributed by atoms with Crippen molar-refractivity contribution in [3.63, 3.8) is 0 Å². The van der Waals surface area contributed by atoms with E-state index in [4.69, 9.17) is 10.2 Å². The van der Waals surface area contributed by atoms with Gasteiger partial charge in [0.05, 0.1) is 6.20 Å². The molecule has 1 aromatic rings. The van der Waals surface area contributed by atoms with Crippen LogP contribution >= 0.6 is 0 Å². The molecule has 0 fully saturated rings. The van der Waals surface area contributed by atoms with Crippen molar-refractivity contribution in [3.05, 3.63) is 17.8 Å². The Bertz CT molecular complexity index is 292. The number of hydrogen-bond acceptors (Lipinski definition) is 3. The van der Waals surface area contributed by atoms with E-state index in [9.17, 15) is 0 Å². The van der Waals surface area contributed by atoms with Crippen LogP contribution in [0.4, 0.5) is 0 Å². The topological polar surface area (TPSA) is 76.4 Å². The van der Waals surface area contributed by atoms with E-state index in [1.54, 1.807) is 6.20 Å². The van der Waals surface area contributed by atoms with Crippen molar-refractivity contribution in [1.82, 2.24) is 10.3 Å². The highest BCUT2D eigenvalue weighted by molar-refractivity contribution is 5.77. The Kier molecular flexibility index (Phi) is 3.31. The van der Waals surface area contributed by atoms with Gasteiger partial charge in [-0.2, -0.15) is 0 Å². The lowest BCUT2D eigenvalue weighted by atomic mass is 10.6. The van der Waals surface area contributed by atoms with Crippen LogP contribution in [0, 0.1) is 6.92 Å². The van der Waals surface area contributed by atoms with Crippen LogP contribution in [0.25, 0.3) is 0 Å². The number of guanidine groups is 1. The molecule has 13 heavy (non-hydrogen) atoms. The van der Waals surface area contributed by atoms with E-state index in [1.807, 2.05) is 13.8 Å². The van der Waals surface area contributed by atoms with Crippen molar-refractivity contribution in [2.75, 3.05) is 6.54 Å². The van der Waals surface area contributed by atoms with Crippen LogP contribution in [0.1, 0.15) is 18.6 Å². The van der Waals surface area contributed by atoms with Gasteiger partial charge in [-0.1, -0.05) is 0 Å². The van der Waals surface area contributed by atoms with E-state index >= 15 is 0 Å². The first-order valence-corrected chi connectivity index (χ1v) is 4.17. The minimum atomic E-state index is 0.382. The van der Waals surface area contributed by atoms with Gasteiger partial charge in [-0.05, 0) is 13.8 Å². The maximum absolute atomic E-state index is 5.51. The second kappa shape index (κ2) is 4.49. The fraction of sp³-hybridized carbons (Fsp3) is 0.500. The fourth-order valence-corrected chi connectivity index (χ4v) is 0.864. The molecule has 1 heterocycles. The molecule has 5 nitrogen and oxygen atoms in total. The molecule has 0 radical (unpaired) electrons. The molecule has 0 atom stereocenters. The average molecular weight is 182 g/mol. The lowest BCUT2D eigenvalue weighted by Gasteiger charge is -1.99. The van der Waals surface area contributed by atoms with E-state index < -0.39 is 0 Å². The molecule has 0 aliphatic heterocycles. The van der Waals surface area contributed by atoms with Crippen LogP contribution in [0.15, 0.2) is 15.6 Å². The SMILES string of the molecule is CCNC(N)=NCc1ncc(C)o1. The third kappa shape index (κ3) is 3.14. The Morgan fingerprint density at radius 2 is 2.54 bits per heavy atom. The molecule has 72 valence electrons. The van der Waals surface area contributed by atoms with Gasteiger partial charge in [0.25, 0.3) is 0 Å². The predicted octanol–water partition coefficient (Wildman–Crippen LogP) is 0.407. The third-order valence-corrected chi connectivity index (χ3v) is 1.41. The summed E-state index contributed by atoms with van der Waals surface area (Å²) >= 11 is 0. The van der Waals surface area contributed by atoms with E-state index in [0.717, 1.165) is 12.3 Å². The first-order valence-electron chi connectivity index (χ1n) is 4.17. The van der Waals surface area contributed by atoms with Gasteiger partial charge in [0.1, 0.15) is 12.3 Å². The summed E-state index contributed by atoms with van der Waals surface area (Å²) in [6, 6.07) is 0. The van der Waals surface area contributed by atoms with Gasteiger partial charge >= 0.3 is 0 Å². The second-order valence-corrected chi connectivity index (χ2v) is 2.60. The summed E-state index contributed by atoms with van der Waals surface area (Å²) in [7, 11) is 0. The smallest absolute Gasteiger partial charge is 0.216 e. The molecule has 0 spiro atoms. The van der Waals surface area contributed by atoms with Crippen molar-refractivity contribution < 1.29 is 4.42 Å².